The number of hydrazine groups is 1. The van der Waals surface area contributed by atoms with Gasteiger partial charge in [0.05, 0.1) is 16.8 Å². The second-order valence-corrected chi connectivity index (χ2v) is 7.91. The second kappa shape index (κ2) is 10.3. The van der Waals surface area contributed by atoms with Crippen LogP contribution in [0.4, 0.5) is 11.4 Å². The van der Waals surface area contributed by atoms with E-state index in [1.54, 1.807) is 7.05 Å². The van der Waals surface area contributed by atoms with Crippen LogP contribution >= 0.6 is 0 Å². The Bertz CT molecular complexity index is 1300. The van der Waals surface area contributed by atoms with Crippen molar-refractivity contribution in [1.29, 1.82) is 0 Å². The summed E-state index contributed by atoms with van der Waals surface area (Å²) in [5.74, 6) is 10.8. The van der Waals surface area contributed by atoms with Crippen molar-refractivity contribution in [3.63, 3.8) is 0 Å². The van der Waals surface area contributed by atoms with Crippen molar-refractivity contribution in [2.45, 2.75) is 19.3 Å². The Kier molecular flexibility index (Phi) is 6.98. The van der Waals surface area contributed by atoms with E-state index in [9.17, 15) is 0 Å². The first-order valence-corrected chi connectivity index (χ1v) is 11.6. The predicted molar refractivity (Wildman–Crippen MR) is 140 cm³/mol. The summed E-state index contributed by atoms with van der Waals surface area (Å²) in [6, 6.07) is 33.4. The predicted octanol–water partition coefficient (Wildman–Crippen LogP) is 6.84. The van der Waals surface area contributed by atoms with Gasteiger partial charge in [0.25, 0.3) is 0 Å². The molecule has 0 heterocycles. The lowest BCUT2D eigenvalue weighted by Gasteiger charge is -2.33. The molecule has 7 heteroatoms. The number of hydrogen-bond acceptors (Lipinski definition) is 5. The van der Waals surface area contributed by atoms with Crippen LogP contribution in [0, 0.1) is 0 Å². The topological polar surface area (TPSA) is 105 Å². The molecule has 35 heavy (non-hydrogen) atoms. The zero-order valence-corrected chi connectivity index (χ0v) is 20.1. The highest BCUT2D eigenvalue weighted by molar-refractivity contribution is 5.86. The van der Waals surface area contributed by atoms with Crippen LogP contribution in [0.2, 0.25) is 0 Å². The number of hydrogen-bond donors (Lipinski definition) is 2. The standard InChI is InChI=1S/C26H23N7.C2H6/c1-33(28)32-30-21-16-12-19(13-17-21)26(18-10-14-20(15-11-18)29-31-27)24-8-4-2-6-22(24)23-7-3-5-9-25(23)26;1-2/h2-17H,28H2,1H3,(H2,27,29);1-2H3. The molecule has 0 unspecified atom stereocenters. The monoisotopic (exact) mass is 463 g/mol. The van der Waals surface area contributed by atoms with Crippen LogP contribution in [0.3, 0.4) is 0 Å². The van der Waals surface area contributed by atoms with Crippen molar-refractivity contribution in [3.8, 4) is 11.1 Å². The molecule has 4 N–H and O–H groups in total. The fourth-order valence-electron chi connectivity index (χ4n) is 4.77. The van der Waals surface area contributed by atoms with Crippen LogP contribution < -0.4 is 11.7 Å². The van der Waals surface area contributed by atoms with Crippen molar-refractivity contribution < 1.29 is 0 Å². The zero-order chi connectivity index (χ0) is 24.8. The summed E-state index contributed by atoms with van der Waals surface area (Å²) in [5.41, 5.74) is 8.12. The quantitative estimate of drug-likeness (QED) is 0.169. The maximum absolute atomic E-state index is 5.56. The molecular formula is C28H29N7. The molecular weight excluding hydrogens is 434 g/mol. The van der Waals surface area contributed by atoms with Crippen LogP contribution in [0.25, 0.3) is 11.1 Å². The Morgan fingerprint density at radius 2 is 1.06 bits per heavy atom. The van der Waals surface area contributed by atoms with Gasteiger partial charge in [0, 0.05) is 7.05 Å². The minimum Gasteiger partial charge on any atom is -0.305 e. The number of fused-ring (bicyclic) bond motifs is 3. The molecule has 4 aromatic rings. The third kappa shape index (κ3) is 4.18. The molecule has 0 radical (unpaired) electrons. The van der Waals surface area contributed by atoms with E-state index in [0.29, 0.717) is 5.69 Å². The lowest BCUT2D eigenvalue weighted by atomic mass is 9.67. The summed E-state index contributed by atoms with van der Waals surface area (Å²) in [4.78, 5) is 0. The van der Waals surface area contributed by atoms with Gasteiger partial charge < -0.3 is 5.84 Å². The molecule has 0 fully saturated rings. The fraction of sp³-hybridized carbons (Fsp3) is 0.143. The van der Waals surface area contributed by atoms with Gasteiger partial charge in [0.15, 0.2) is 0 Å². The van der Waals surface area contributed by atoms with E-state index >= 15 is 0 Å². The number of nitrogens with zero attached hydrogens (tertiary/aromatic N) is 5. The molecule has 0 aliphatic heterocycles. The smallest absolute Gasteiger partial charge is 0.0874 e. The summed E-state index contributed by atoms with van der Waals surface area (Å²) in [5, 5.41) is 16.6. The second-order valence-electron chi connectivity index (χ2n) is 7.91. The Morgan fingerprint density at radius 1 is 0.629 bits per heavy atom. The molecule has 0 saturated heterocycles. The van der Waals surface area contributed by atoms with Gasteiger partial charge in [-0.05, 0) is 57.6 Å². The highest BCUT2D eigenvalue weighted by atomic mass is 15.7. The van der Waals surface area contributed by atoms with Gasteiger partial charge >= 0.3 is 0 Å². The summed E-state index contributed by atoms with van der Waals surface area (Å²) in [7, 11) is 1.63. The largest absolute Gasteiger partial charge is 0.305 e. The molecule has 1 aliphatic rings. The lowest BCUT2D eigenvalue weighted by Crippen LogP contribution is -2.28. The van der Waals surface area contributed by atoms with Gasteiger partial charge in [-0.2, -0.15) is 0 Å². The molecule has 0 amide bonds. The number of rotatable bonds is 5. The first-order valence-electron chi connectivity index (χ1n) is 11.6. The van der Waals surface area contributed by atoms with Crippen LogP contribution in [0.15, 0.2) is 118 Å². The first kappa shape index (κ1) is 23.8. The fourth-order valence-corrected chi connectivity index (χ4v) is 4.77. The summed E-state index contributed by atoms with van der Waals surface area (Å²) < 4.78 is 0. The van der Waals surface area contributed by atoms with Crippen molar-refractivity contribution in [2.24, 2.45) is 32.4 Å². The van der Waals surface area contributed by atoms with E-state index in [2.05, 4.69) is 93.5 Å². The molecule has 4 aromatic carbocycles. The van der Waals surface area contributed by atoms with Crippen molar-refractivity contribution >= 4 is 11.4 Å². The Hall–Kier alpha value is -4.36. The molecule has 0 spiro atoms. The minimum absolute atomic E-state index is 0.494. The molecule has 0 atom stereocenters. The normalized spacial score (nSPS) is 13.3. The van der Waals surface area contributed by atoms with Crippen molar-refractivity contribution in [3.05, 3.63) is 119 Å². The Balaban J connectivity index is 0.00000141. The van der Waals surface area contributed by atoms with Gasteiger partial charge in [-0.25, -0.2) is 11.0 Å². The van der Waals surface area contributed by atoms with E-state index in [1.807, 2.05) is 38.1 Å². The molecule has 0 aromatic heterocycles. The zero-order valence-electron chi connectivity index (χ0n) is 20.1. The van der Waals surface area contributed by atoms with Crippen molar-refractivity contribution in [2.75, 3.05) is 7.05 Å². The van der Waals surface area contributed by atoms with Gasteiger partial charge in [-0.15, -0.1) is 10.2 Å². The lowest BCUT2D eigenvalue weighted by molar-refractivity contribution is 0.347. The SMILES string of the molecule is CC.CN(N)N=Nc1ccc(C2(c3ccc(N=NN)cc3)c3ccccc3-c3ccccc32)cc1. The van der Waals surface area contributed by atoms with Gasteiger partial charge in [-0.3, -0.25) is 0 Å². The molecule has 176 valence electrons. The average molecular weight is 464 g/mol. The third-order valence-electron chi connectivity index (χ3n) is 6.03. The van der Waals surface area contributed by atoms with E-state index in [0.717, 1.165) is 16.8 Å². The minimum atomic E-state index is -0.494. The van der Waals surface area contributed by atoms with E-state index in [1.165, 1.54) is 27.4 Å². The van der Waals surface area contributed by atoms with Crippen LogP contribution in [0.1, 0.15) is 36.1 Å². The molecule has 0 saturated carbocycles. The highest BCUT2D eigenvalue weighted by Crippen LogP contribution is 2.56. The van der Waals surface area contributed by atoms with Gasteiger partial charge in [-0.1, -0.05) is 97.1 Å². The maximum Gasteiger partial charge on any atom is 0.0874 e. The van der Waals surface area contributed by atoms with E-state index in [4.69, 9.17) is 11.7 Å². The van der Waals surface area contributed by atoms with E-state index < -0.39 is 5.41 Å². The number of nitrogens with two attached hydrogens (primary N) is 2. The molecule has 7 nitrogen and oxygen atoms in total. The number of benzene rings is 4. The van der Waals surface area contributed by atoms with Crippen molar-refractivity contribution in [1.82, 2.24) is 5.12 Å². The molecule has 0 bridgehead atoms. The Morgan fingerprint density at radius 3 is 1.49 bits per heavy atom. The molecule has 5 rings (SSSR count). The highest BCUT2D eigenvalue weighted by Gasteiger charge is 2.45. The van der Waals surface area contributed by atoms with Crippen LogP contribution in [0.5, 0.6) is 0 Å². The third-order valence-corrected chi connectivity index (χ3v) is 6.03. The van der Waals surface area contributed by atoms with Crippen LogP contribution in [-0.4, -0.2) is 12.2 Å². The summed E-state index contributed by atoms with van der Waals surface area (Å²) in [6.07, 6.45) is 0. The van der Waals surface area contributed by atoms with Crippen LogP contribution in [-0.2, 0) is 5.41 Å². The maximum atomic E-state index is 5.56. The molecule has 1 aliphatic carbocycles. The van der Waals surface area contributed by atoms with Gasteiger partial charge in [0.2, 0.25) is 0 Å². The van der Waals surface area contributed by atoms with Gasteiger partial charge in [0.1, 0.15) is 0 Å². The first-order chi connectivity index (χ1) is 17.1. The van der Waals surface area contributed by atoms with E-state index in [-0.39, 0.29) is 0 Å². The average Bonchev–Trinajstić information content (AvgIpc) is 3.21. The summed E-state index contributed by atoms with van der Waals surface area (Å²) in [6.45, 7) is 4.00. The Labute approximate surface area is 205 Å². The summed E-state index contributed by atoms with van der Waals surface area (Å²) >= 11 is 0.